The van der Waals surface area contributed by atoms with Crippen molar-refractivity contribution in [2.75, 3.05) is 11.9 Å². The van der Waals surface area contributed by atoms with Crippen molar-refractivity contribution >= 4 is 17.4 Å². The lowest BCUT2D eigenvalue weighted by Gasteiger charge is -2.33. The molecular weight excluding hydrogens is 302 g/mol. The molecule has 0 heterocycles. The number of Topliss-reactive ketones (excluding diaryl/α,β-unsaturated/α-hetero) is 1. The van der Waals surface area contributed by atoms with Gasteiger partial charge in [0.15, 0.2) is 5.78 Å². The number of nitrogens with zero attached hydrogens (tertiary/aromatic N) is 1. The van der Waals surface area contributed by atoms with E-state index in [4.69, 9.17) is 0 Å². The summed E-state index contributed by atoms with van der Waals surface area (Å²) in [5.74, 6) is 0.192. The maximum Gasteiger partial charge on any atom is 0.227 e. The topological polar surface area (TPSA) is 57.6 Å². The lowest BCUT2D eigenvalue weighted by molar-refractivity contribution is -0.120. The van der Waals surface area contributed by atoms with E-state index in [1.54, 1.807) is 11.9 Å². The van der Waals surface area contributed by atoms with E-state index in [-0.39, 0.29) is 29.3 Å². The highest BCUT2D eigenvalue weighted by molar-refractivity contribution is 6.01. The Balaban J connectivity index is 1.80. The number of benzene rings is 1. The van der Waals surface area contributed by atoms with Crippen molar-refractivity contribution in [2.45, 2.75) is 46.0 Å². The molecule has 0 bridgehead atoms. The van der Waals surface area contributed by atoms with Gasteiger partial charge in [0.1, 0.15) is 5.76 Å². The summed E-state index contributed by atoms with van der Waals surface area (Å²) in [6, 6.07) is 9.49. The molecule has 24 heavy (non-hydrogen) atoms. The van der Waals surface area contributed by atoms with Gasteiger partial charge in [0.05, 0.1) is 0 Å². The number of hydrogen-bond acceptors (Lipinski definition) is 3. The molecule has 0 radical (unpaired) electrons. The number of aliphatic hydroxyl groups is 1. The maximum atomic E-state index is 12.7. The molecule has 1 aromatic carbocycles. The fourth-order valence-corrected chi connectivity index (χ4v) is 3.76. The fraction of sp³-hybridized carbons (Fsp3) is 0.500. The predicted molar refractivity (Wildman–Crippen MR) is 93.8 cm³/mol. The van der Waals surface area contributed by atoms with E-state index in [9.17, 15) is 14.7 Å². The minimum atomic E-state index is -0.447. The first kappa shape index (κ1) is 16.7. The molecule has 4 nitrogen and oxygen atoms in total. The highest BCUT2D eigenvalue weighted by atomic mass is 16.3. The quantitative estimate of drug-likeness (QED) is 0.908. The van der Waals surface area contributed by atoms with Gasteiger partial charge in [-0.05, 0) is 30.4 Å². The Bertz CT molecular complexity index is 699. The van der Waals surface area contributed by atoms with Crippen LogP contribution in [0.4, 0.5) is 5.69 Å². The van der Waals surface area contributed by atoms with Crippen LogP contribution < -0.4 is 4.90 Å². The number of hydrogen-bond donors (Lipinski definition) is 1. The van der Waals surface area contributed by atoms with E-state index in [0.29, 0.717) is 18.4 Å². The number of carbonyl (C=O) groups is 2. The van der Waals surface area contributed by atoms with Gasteiger partial charge >= 0.3 is 0 Å². The first-order chi connectivity index (χ1) is 11.2. The van der Waals surface area contributed by atoms with Crippen molar-refractivity contribution in [3.63, 3.8) is 0 Å². The molecule has 4 heteroatoms. The second-order valence-corrected chi connectivity index (χ2v) is 8.01. The van der Waals surface area contributed by atoms with Crippen LogP contribution in [0.2, 0.25) is 0 Å². The van der Waals surface area contributed by atoms with E-state index in [2.05, 4.69) is 0 Å². The monoisotopic (exact) mass is 327 g/mol. The summed E-state index contributed by atoms with van der Waals surface area (Å²) in [6.07, 6.45) is 2.83. The number of carbonyl (C=O) groups excluding carboxylic acids is 2. The van der Waals surface area contributed by atoms with Crippen molar-refractivity contribution in [3.05, 3.63) is 41.7 Å². The number of para-hydroxylation sites is 1. The van der Waals surface area contributed by atoms with Crippen LogP contribution in [0.3, 0.4) is 0 Å². The SMILES string of the molecule is CN(C(=O)CC1(C2=C(O)CC(C)(C)CC2=O)CC1)c1ccccc1. The number of aliphatic hydroxyl groups excluding tert-OH is 1. The summed E-state index contributed by atoms with van der Waals surface area (Å²) in [5, 5.41) is 10.5. The Morgan fingerprint density at radius 1 is 1.17 bits per heavy atom. The van der Waals surface area contributed by atoms with Gasteiger partial charge in [-0.15, -0.1) is 0 Å². The Labute approximate surface area is 143 Å². The highest BCUT2D eigenvalue weighted by Gasteiger charge is 2.53. The number of rotatable bonds is 4. The Morgan fingerprint density at radius 2 is 1.79 bits per heavy atom. The van der Waals surface area contributed by atoms with Gasteiger partial charge in [0.2, 0.25) is 5.91 Å². The van der Waals surface area contributed by atoms with Gasteiger partial charge in [0.25, 0.3) is 0 Å². The molecule has 0 atom stereocenters. The third-order valence-corrected chi connectivity index (χ3v) is 5.24. The molecule has 1 amide bonds. The van der Waals surface area contributed by atoms with E-state index in [0.717, 1.165) is 18.5 Å². The third kappa shape index (κ3) is 3.10. The first-order valence-electron chi connectivity index (χ1n) is 8.52. The average Bonchev–Trinajstić information content (AvgIpc) is 3.25. The minimum Gasteiger partial charge on any atom is -0.512 e. The Morgan fingerprint density at radius 3 is 2.33 bits per heavy atom. The molecular formula is C20H25NO3. The molecule has 1 aromatic rings. The van der Waals surface area contributed by atoms with Crippen molar-refractivity contribution in [1.29, 1.82) is 0 Å². The second-order valence-electron chi connectivity index (χ2n) is 8.01. The lowest BCUT2D eigenvalue weighted by Crippen LogP contribution is -2.34. The number of anilines is 1. The van der Waals surface area contributed by atoms with E-state index >= 15 is 0 Å². The predicted octanol–water partition coefficient (Wildman–Crippen LogP) is 4.02. The smallest absolute Gasteiger partial charge is 0.227 e. The van der Waals surface area contributed by atoms with Crippen molar-refractivity contribution in [1.82, 2.24) is 0 Å². The van der Waals surface area contributed by atoms with Crippen LogP contribution in [0.1, 0.15) is 46.0 Å². The number of amides is 1. The van der Waals surface area contributed by atoms with Crippen LogP contribution in [-0.4, -0.2) is 23.8 Å². The standard InChI is InChI=1S/C20H25NO3/c1-19(2)11-15(22)18(16(23)12-19)20(9-10-20)13-17(24)21(3)14-7-5-4-6-8-14/h4-8,22H,9-13H2,1-3H3. The van der Waals surface area contributed by atoms with Gasteiger partial charge in [-0.3, -0.25) is 9.59 Å². The van der Waals surface area contributed by atoms with Gasteiger partial charge in [-0.1, -0.05) is 32.0 Å². The van der Waals surface area contributed by atoms with Crippen LogP contribution in [0.25, 0.3) is 0 Å². The summed E-state index contributed by atoms with van der Waals surface area (Å²) in [4.78, 5) is 26.9. The molecule has 0 saturated heterocycles. The van der Waals surface area contributed by atoms with E-state index in [1.807, 2.05) is 44.2 Å². The summed E-state index contributed by atoms with van der Waals surface area (Å²) in [6.45, 7) is 3.98. The van der Waals surface area contributed by atoms with Gasteiger partial charge in [-0.25, -0.2) is 0 Å². The average molecular weight is 327 g/mol. The molecule has 1 fully saturated rings. The van der Waals surface area contributed by atoms with E-state index < -0.39 is 5.41 Å². The summed E-state index contributed by atoms with van der Waals surface area (Å²) >= 11 is 0. The summed E-state index contributed by atoms with van der Waals surface area (Å²) in [7, 11) is 1.76. The molecule has 0 spiro atoms. The molecule has 0 aromatic heterocycles. The van der Waals surface area contributed by atoms with Crippen LogP contribution in [-0.2, 0) is 9.59 Å². The van der Waals surface area contributed by atoms with Crippen molar-refractivity contribution in [3.8, 4) is 0 Å². The fourth-order valence-electron chi connectivity index (χ4n) is 3.76. The largest absolute Gasteiger partial charge is 0.512 e. The zero-order chi connectivity index (χ0) is 17.5. The molecule has 0 aliphatic heterocycles. The van der Waals surface area contributed by atoms with Crippen LogP contribution in [0.5, 0.6) is 0 Å². The van der Waals surface area contributed by atoms with Crippen LogP contribution >= 0.6 is 0 Å². The highest BCUT2D eigenvalue weighted by Crippen LogP contribution is 2.58. The zero-order valence-corrected chi connectivity index (χ0v) is 14.6. The number of ketones is 1. The normalized spacial score (nSPS) is 21.5. The molecule has 0 unspecified atom stereocenters. The zero-order valence-electron chi connectivity index (χ0n) is 14.6. The summed E-state index contributed by atoms with van der Waals surface area (Å²) in [5.41, 5.74) is 0.716. The van der Waals surface area contributed by atoms with Gasteiger partial charge in [-0.2, -0.15) is 0 Å². The van der Waals surface area contributed by atoms with Gasteiger partial charge in [0, 0.05) is 43.0 Å². The maximum absolute atomic E-state index is 12.7. The molecule has 2 aliphatic carbocycles. The Kier molecular flexibility index (Phi) is 4.02. The first-order valence-corrected chi connectivity index (χ1v) is 8.52. The second kappa shape index (κ2) is 5.76. The van der Waals surface area contributed by atoms with Crippen molar-refractivity contribution in [2.24, 2.45) is 10.8 Å². The molecule has 2 aliphatic rings. The molecule has 128 valence electrons. The van der Waals surface area contributed by atoms with E-state index in [1.165, 1.54) is 0 Å². The summed E-state index contributed by atoms with van der Waals surface area (Å²) < 4.78 is 0. The number of allylic oxidation sites excluding steroid dienone is 2. The third-order valence-electron chi connectivity index (χ3n) is 5.24. The van der Waals surface area contributed by atoms with Gasteiger partial charge < -0.3 is 10.0 Å². The lowest BCUT2D eigenvalue weighted by atomic mass is 9.72. The Hall–Kier alpha value is -2.10. The van der Waals surface area contributed by atoms with Crippen LogP contribution in [0, 0.1) is 10.8 Å². The molecule has 3 rings (SSSR count). The molecule has 1 N–H and O–H groups in total. The molecule has 1 saturated carbocycles. The minimum absolute atomic E-state index is 0.0106. The van der Waals surface area contributed by atoms with Crippen LogP contribution in [0.15, 0.2) is 41.7 Å². The van der Waals surface area contributed by atoms with Crippen molar-refractivity contribution < 1.29 is 14.7 Å².